The van der Waals surface area contributed by atoms with E-state index in [0.717, 1.165) is 7.11 Å². The Bertz CT molecular complexity index is 530. The molecule has 0 aliphatic rings. The lowest BCUT2D eigenvalue weighted by Gasteiger charge is -2.10. The summed E-state index contributed by atoms with van der Waals surface area (Å²) in [6.07, 6.45) is -0.513. The number of esters is 1. The van der Waals surface area contributed by atoms with Gasteiger partial charge in [0.15, 0.2) is 11.6 Å². The van der Waals surface area contributed by atoms with Crippen molar-refractivity contribution in [3.05, 3.63) is 45.6 Å². The molecule has 0 aliphatic carbocycles. The summed E-state index contributed by atoms with van der Waals surface area (Å²) in [6, 6.07) is 0.134. The molecule has 0 aliphatic heterocycles. The summed E-state index contributed by atoms with van der Waals surface area (Å²) in [7, 11) is 1.15. The van der Waals surface area contributed by atoms with Crippen molar-refractivity contribution in [1.29, 1.82) is 0 Å². The van der Waals surface area contributed by atoms with Crippen molar-refractivity contribution >= 4 is 5.97 Å². The third-order valence-electron chi connectivity index (χ3n) is 2.39. The van der Waals surface area contributed by atoms with E-state index in [-0.39, 0.29) is 18.4 Å². The summed E-state index contributed by atoms with van der Waals surface area (Å²) in [5.74, 6) is -4.15. The van der Waals surface area contributed by atoms with Gasteiger partial charge in [0.05, 0.1) is 19.6 Å². The normalized spacial score (nSPS) is 11.6. The largest absolute Gasteiger partial charge is 0.469 e. The van der Waals surface area contributed by atoms with Crippen LogP contribution in [0.15, 0.2) is 17.2 Å². The summed E-state index contributed by atoms with van der Waals surface area (Å²) < 4.78 is 43.5. The Hall–Kier alpha value is -2.21. The Labute approximate surface area is 106 Å². The molecule has 0 saturated heterocycles. The molecule has 0 aromatic heterocycles. The maximum absolute atomic E-state index is 13.4. The average molecular weight is 273 g/mol. The van der Waals surface area contributed by atoms with Crippen molar-refractivity contribution in [1.82, 2.24) is 0 Å². The van der Waals surface area contributed by atoms with Gasteiger partial charge in [-0.25, -0.2) is 13.2 Å². The molecule has 0 N–H and O–H groups in total. The van der Waals surface area contributed by atoms with Gasteiger partial charge in [-0.1, -0.05) is 5.11 Å². The maximum Gasteiger partial charge on any atom is 0.305 e. The van der Waals surface area contributed by atoms with Crippen molar-refractivity contribution in [2.24, 2.45) is 5.11 Å². The van der Waals surface area contributed by atoms with Gasteiger partial charge in [-0.3, -0.25) is 4.79 Å². The SMILES string of the molecule is COC(=O)CC(Cc1cc(F)c(F)cc1F)N=[N+]=[N-]. The van der Waals surface area contributed by atoms with Crippen LogP contribution >= 0.6 is 0 Å². The van der Waals surface area contributed by atoms with Crippen molar-refractivity contribution in [3.8, 4) is 0 Å². The Morgan fingerprint density at radius 3 is 2.58 bits per heavy atom. The second-order valence-corrected chi connectivity index (χ2v) is 3.70. The molecule has 1 unspecified atom stereocenters. The Kier molecular flexibility index (Phi) is 5.20. The molecule has 1 aromatic rings. The van der Waals surface area contributed by atoms with E-state index in [0.29, 0.717) is 12.1 Å². The van der Waals surface area contributed by atoms with Crippen LogP contribution in [0.2, 0.25) is 0 Å². The fourth-order valence-electron chi connectivity index (χ4n) is 1.48. The van der Waals surface area contributed by atoms with E-state index in [1.807, 2.05) is 0 Å². The molecule has 0 radical (unpaired) electrons. The zero-order valence-electron chi connectivity index (χ0n) is 9.94. The minimum atomic E-state index is -1.31. The van der Waals surface area contributed by atoms with Gasteiger partial charge in [0.2, 0.25) is 0 Å². The fraction of sp³-hybridized carbons (Fsp3) is 0.364. The molecule has 1 rings (SSSR count). The maximum atomic E-state index is 13.4. The van der Waals surface area contributed by atoms with Crippen LogP contribution in [0.5, 0.6) is 0 Å². The number of rotatable bonds is 5. The van der Waals surface area contributed by atoms with E-state index in [4.69, 9.17) is 5.53 Å². The van der Waals surface area contributed by atoms with E-state index in [1.165, 1.54) is 0 Å². The number of azide groups is 1. The lowest BCUT2D eigenvalue weighted by Crippen LogP contribution is -2.16. The first-order valence-electron chi connectivity index (χ1n) is 5.22. The number of methoxy groups -OCH3 is 1. The quantitative estimate of drug-likeness (QED) is 0.272. The van der Waals surface area contributed by atoms with Crippen LogP contribution in [-0.2, 0) is 16.0 Å². The molecule has 19 heavy (non-hydrogen) atoms. The molecule has 102 valence electrons. The lowest BCUT2D eigenvalue weighted by molar-refractivity contribution is -0.140. The molecule has 0 amide bonds. The highest BCUT2D eigenvalue weighted by Crippen LogP contribution is 2.17. The van der Waals surface area contributed by atoms with Crippen molar-refractivity contribution in [3.63, 3.8) is 0 Å². The summed E-state index contributed by atoms with van der Waals surface area (Å²) in [5.41, 5.74) is 8.17. The van der Waals surface area contributed by atoms with Gasteiger partial charge in [-0.15, -0.1) is 0 Å². The number of carbonyl (C=O) groups excluding carboxylic acids is 1. The van der Waals surface area contributed by atoms with Crippen LogP contribution in [-0.4, -0.2) is 19.1 Å². The molecule has 5 nitrogen and oxygen atoms in total. The topological polar surface area (TPSA) is 75.1 Å². The molecule has 1 aromatic carbocycles. The smallest absolute Gasteiger partial charge is 0.305 e. The van der Waals surface area contributed by atoms with E-state index in [2.05, 4.69) is 14.8 Å². The van der Waals surface area contributed by atoms with E-state index < -0.39 is 29.5 Å². The number of halogens is 3. The van der Waals surface area contributed by atoms with Crippen molar-refractivity contribution in [2.75, 3.05) is 7.11 Å². The third kappa shape index (κ3) is 4.18. The zero-order chi connectivity index (χ0) is 14.4. The standard InChI is InChI=1S/C11H10F3N3O2/c1-19-11(18)4-7(16-17-15)2-6-3-9(13)10(14)5-8(6)12/h3,5,7H,2,4H2,1H3. The lowest BCUT2D eigenvalue weighted by atomic mass is 10.0. The van der Waals surface area contributed by atoms with Gasteiger partial charge in [0.1, 0.15) is 5.82 Å². The first-order chi connectivity index (χ1) is 8.97. The van der Waals surface area contributed by atoms with Gasteiger partial charge in [0.25, 0.3) is 0 Å². The number of carbonyl (C=O) groups is 1. The molecule has 8 heteroatoms. The molecule has 0 bridgehead atoms. The van der Waals surface area contributed by atoms with E-state index >= 15 is 0 Å². The van der Waals surface area contributed by atoms with Crippen molar-refractivity contribution < 1.29 is 22.7 Å². The van der Waals surface area contributed by atoms with Gasteiger partial charge in [0, 0.05) is 11.0 Å². The van der Waals surface area contributed by atoms with Crippen LogP contribution in [0.4, 0.5) is 13.2 Å². The Morgan fingerprint density at radius 1 is 1.37 bits per heavy atom. The average Bonchev–Trinajstić information content (AvgIpc) is 2.36. The van der Waals surface area contributed by atoms with Gasteiger partial charge >= 0.3 is 5.97 Å². The molecule has 0 spiro atoms. The molecular formula is C11H10F3N3O2. The monoisotopic (exact) mass is 273 g/mol. The Balaban J connectivity index is 2.93. The van der Waals surface area contributed by atoms with Crippen LogP contribution in [0, 0.1) is 17.5 Å². The van der Waals surface area contributed by atoms with Crippen LogP contribution in [0.1, 0.15) is 12.0 Å². The predicted octanol–water partition coefficient (Wildman–Crippen LogP) is 2.89. The highest BCUT2D eigenvalue weighted by molar-refractivity contribution is 5.70. The Morgan fingerprint density at radius 2 is 2.00 bits per heavy atom. The summed E-state index contributed by atoms with van der Waals surface area (Å²) in [6.45, 7) is 0. The highest BCUT2D eigenvalue weighted by atomic mass is 19.2. The molecule has 0 heterocycles. The first kappa shape index (κ1) is 14.8. The van der Waals surface area contributed by atoms with Crippen molar-refractivity contribution in [2.45, 2.75) is 18.9 Å². The second-order valence-electron chi connectivity index (χ2n) is 3.70. The van der Waals surface area contributed by atoms with Gasteiger partial charge < -0.3 is 4.74 Å². The fourth-order valence-corrected chi connectivity index (χ4v) is 1.48. The molecule has 0 fully saturated rings. The number of nitrogens with zero attached hydrogens (tertiary/aromatic N) is 3. The summed E-state index contributed by atoms with van der Waals surface area (Å²) >= 11 is 0. The minimum Gasteiger partial charge on any atom is -0.469 e. The van der Waals surface area contributed by atoms with Gasteiger partial charge in [-0.05, 0) is 23.6 Å². The zero-order valence-corrected chi connectivity index (χ0v) is 9.94. The molecular weight excluding hydrogens is 263 g/mol. The van der Waals surface area contributed by atoms with Crippen LogP contribution < -0.4 is 0 Å². The molecule has 1 atom stereocenters. The highest BCUT2D eigenvalue weighted by Gasteiger charge is 2.17. The summed E-state index contributed by atoms with van der Waals surface area (Å²) in [4.78, 5) is 13.6. The number of benzene rings is 1. The van der Waals surface area contributed by atoms with Gasteiger partial charge in [-0.2, -0.15) is 0 Å². The number of ether oxygens (including phenoxy) is 1. The van der Waals surface area contributed by atoms with Crippen LogP contribution in [0.25, 0.3) is 10.4 Å². The minimum absolute atomic E-state index is 0.180. The van der Waals surface area contributed by atoms with Crippen LogP contribution in [0.3, 0.4) is 0 Å². The number of hydrogen-bond acceptors (Lipinski definition) is 3. The second kappa shape index (κ2) is 6.65. The molecule has 0 saturated carbocycles. The van der Waals surface area contributed by atoms with E-state index in [9.17, 15) is 18.0 Å². The predicted molar refractivity (Wildman–Crippen MR) is 59.6 cm³/mol. The third-order valence-corrected chi connectivity index (χ3v) is 2.39. The number of hydrogen-bond donors (Lipinski definition) is 0. The van der Waals surface area contributed by atoms with E-state index in [1.54, 1.807) is 0 Å². The first-order valence-corrected chi connectivity index (χ1v) is 5.22. The summed E-state index contributed by atoms with van der Waals surface area (Å²) in [5, 5.41) is 3.30.